The molecule has 4 aromatic carbocycles. The van der Waals surface area contributed by atoms with Crippen molar-refractivity contribution in [2.45, 2.75) is 0 Å². The quantitative estimate of drug-likeness (QED) is 0.380. The first kappa shape index (κ1) is 16.9. The Labute approximate surface area is 174 Å². The molecular formula is C26H20N4. The zero-order valence-corrected chi connectivity index (χ0v) is 16.6. The molecule has 0 aliphatic heterocycles. The summed E-state index contributed by atoms with van der Waals surface area (Å²) in [6.45, 7) is 0. The molecule has 0 aliphatic rings. The van der Waals surface area contributed by atoms with E-state index in [1.807, 2.05) is 24.5 Å². The number of nitrogens with zero attached hydrogens (tertiary/aromatic N) is 3. The van der Waals surface area contributed by atoms with Gasteiger partial charge in [0.25, 0.3) is 0 Å². The van der Waals surface area contributed by atoms with Gasteiger partial charge < -0.3 is 9.88 Å². The van der Waals surface area contributed by atoms with Crippen molar-refractivity contribution in [3.8, 4) is 5.69 Å². The molecule has 144 valence electrons. The van der Waals surface area contributed by atoms with Gasteiger partial charge in [0, 0.05) is 29.0 Å². The van der Waals surface area contributed by atoms with Crippen LogP contribution in [0.15, 0.2) is 97.3 Å². The maximum Gasteiger partial charge on any atom is 0.113 e. The van der Waals surface area contributed by atoms with Gasteiger partial charge in [0.15, 0.2) is 0 Å². The molecule has 0 unspecified atom stereocenters. The van der Waals surface area contributed by atoms with Gasteiger partial charge in [-0.3, -0.25) is 4.57 Å². The Morgan fingerprint density at radius 2 is 1.47 bits per heavy atom. The summed E-state index contributed by atoms with van der Waals surface area (Å²) in [4.78, 5) is 4.84. The Kier molecular flexibility index (Phi) is 3.65. The number of hydrogen-bond acceptors (Lipinski definition) is 2. The Morgan fingerprint density at radius 3 is 2.37 bits per heavy atom. The molecule has 4 heteroatoms. The molecule has 0 aliphatic carbocycles. The van der Waals surface area contributed by atoms with E-state index in [4.69, 9.17) is 4.98 Å². The van der Waals surface area contributed by atoms with Crippen LogP contribution in [-0.4, -0.2) is 14.1 Å². The number of aromatic nitrogens is 3. The van der Waals surface area contributed by atoms with Gasteiger partial charge in [0.05, 0.1) is 22.4 Å². The molecule has 6 rings (SSSR count). The fourth-order valence-electron chi connectivity index (χ4n) is 4.40. The van der Waals surface area contributed by atoms with Crippen LogP contribution in [0.3, 0.4) is 0 Å². The molecule has 0 spiro atoms. The molecule has 0 atom stereocenters. The Balaban J connectivity index is 1.58. The highest BCUT2D eigenvalue weighted by molar-refractivity contribution is 6.16. The first-order valence-electron chi connectivity index (χ1n) is 10.1. The first-order valence-corrected chi connectivity index (χ1v) is 10.1. The van der Waals surface area contributed by atoms with Crippen LogP contribution in [0.4, 0.5) is 11.4 Å². The number of imidazole rings is 1. The van der Waals surface area contributed by atoms with Crippen molar-refractivity contribution in [3.63, 3.8) is 0 Å². The van der Waals surface area contributed by atoms with Crippen molar-refractivity contribution >= 4 is 44.2 Å². The number of rotatable bonds is 3. The molecule has 0 saturated heterocycles. The van der Waals surface area contributed by atoms with Crippen molar-refractivity contribution in [1.29, 1.82) is 0 Å². The van der Waals surface area contributed by atoms with Crippen molar-refractivity contribution < 1.29 is 0 Å². The van der Waals surface area contributed by atoms with E-state index in [0.29, 0.717) is 0 Å². The summed E-state index contributed by atoms with van der Waals surface area (Å²) >= 11 is 0. The van der Waals surface area contributed by atoms with Gasteiger partial charge >= 0.3 is 0 Å². The zero-order valence-electron chi connectivity index (χ0n) is 16.6. The van der Waals surface area contributed by atoms with E-state index in [1.165, 1.54) is 21.8 Å². The number of hydrogen-bond donors (Lipinski definition) is 1. The van der Waals surface area contributed by atoms with Gasteiger partial charge in [-0.25, -0.2) is 4.98 Å². The van der Waals surface area contributed by atoms with Gasteiger partial charge in [-0.05, 0) is 42.5 Å². The van der Waals surface area contributed by atoms with Crippen LogP contribution in [0.25, 0.3) is 38.5 Å². The third kappa shape index (κ3) is 2.44. The minimum absolute atomic E-state index is 1.01. The lowest BCUT2D eigenvalue weighted by Crippen LogP contribution is -1.99. The fraction of sp³-hybridized carbons (Fsp3) is 0.0385. The summed E-state index contributed by atoms with van der Waals surface area (Å²) in [6, 6.07) is 31.5. The summed E-state index contributed by atoms with van der Waals surface area (Å²) < 4.78 is 4.41. The minimum Gasteiger partial charge on any atom is -0.354 e. The number of nitrogens with one attached hydrogen (secondary N) is 1. The third-order valence-corrected chi connectivity index (χ3v) is 5.80. The van der Waals surface area contributed by atoms with E-state index in [1.54, 1.807) is 0 Å². The molecule has 1 N–H and O–H groups in total. The number of anilines is 2. The molecule has 4 nitrogen and oxygen atoms in total. The highest BCUT2D eigenvalue weighted by Gasteiger charge is 2.15. The fourth-order valence-corrected chi connectivity index (χ4v) is 4.40. The lowest BCUT2D eigenvalue weighted by Gasteiger charge is -2.13. The van der Waals surface area contributed by atoms with Gasteiger partial charge in [0.2, 0.25) is 0 Å². The molecule has 0 radical (unpaired) electrons. The highest BCUT2D eigenvalue weighted by atomic mass is 15.1. The molecule has 6 aromatic rings. The third-order valence-electron chi connectivity index (χ3n) is 5.80. The molecule has 30 heavy (non-hydrogen) atoms. The zero-order chi connectivity index (χ0) is 20.1. The van der Waals surface area contributed by atoms with Crippen molar-refractivity contribution in [1.82, 2.24) is 14.1 Å². The maximum absolute atomic E-state index is 4.84. The van der Waals surface area contributed by atoms with E-state index >= 15 is 0 Å². The number of benzene rings is 4. The van der Waals surface area contributed by atoms with E-state index < -0.39 is 0 Å². The van der Waals surface area contributed by atoms with Crippen LogP contribution in [-0.2, 0) is 7.05 Å². The molecule has 2 aromatic heterocycles. The van der Waals surface area contributed by atoms with Crippen LogP contribution in [0, 0.1) is 0 Å². The van der Waals surface area contributed by atoms with Gasteiger partial charge in [0.1, 0.15) is 11.8 Å². The Hall–Kier alpha value is -4.05. The molecule has 0 fully saturated rings. The van der Waals surface area contributed by atoms with E-state index in [-0.39, 0.29) is 0 Å². The first-order chi connectivity index (χ1) is 14.8. The van der Waals surface area contributed by atoms with Crippen LogP contribution in [0.5, 0.6) is 0 Å². The summed E-state index contributed by atoms with van der Waals surface area (Å²) in [5, 5.41) is 6.04. The predicted molar refractivity (Wildman–Crippen MR) is 125 cm³/mol. The van der Waals surface area contributed by atoms with Gasteiger partial charge in [-0.15, -0.1) is 0 Å². The normalized spacial score (nSPS) is 11.5. The number of aryl methyl sites for hydroxylation is 1. The Bertz CT molecular complexity index is 1520. The summed E-state index contributed by atoms with van der Waals surface area (Å²) in [6.07, 6.45) is 1.92. The van der Waals surface area contributed by atoms with E-state index in [9.17, 15) is 0 Å². The van der Waals surface area contributed by atoms with Gasteiger partial charge in [-0.1, -0.05) is 48.5 Å². The Morgan fingerprint density at radius 1 is 0.700 bits per heavy atom. The summed E-state index contributed by atoms with van der Waals surface area (Å²) in [5.74, 6) is 0. The number of fused-ring (bicyclic) bond motifs is 5. The molecular weight excluding hydrogens is 368 g/mol. The van der Waals surface area contributed by atoms with Crippen LogP contribution >= 0.6 is 0 Å². The standard InChI is InChI=1S/C26H20N4/c1-29-22-13-7-5-11-19(22)20-15-16-24-25(26(20)29)27-17-30(24)23-14-8-6-12-21(23)28-18-9-3-2-4-10-18/h2-17,28H,1H3. The maximum atomic E-state index is 4.84. The largest absolute Gasteiger partial charge is 0.354 e. The molecule has 2 heterocycles. The van der Waals surface area contributed by atoms with Gasteiger partial charge in [-0.2, -0.15) is 0 Å². The lowest BCUT2D eigenvalue weighted by molar-refractivity contribution is 1.02. The second kappa shape index (κ2) is 6.49. The highest BCUT2D eigenvalue weighted by Crippen LogP contribution is 2.34. The summed E-state index contributed by atoms with van der Waals surface area (Å²) in [5.41, 5.74) is 7.67. The van der Waals surface area contributed by atoms with Crippen molar-refractivity contribution in [3.05, 3.63) is 97.3 Å². The second-order valence-electron chi connectivity index (χ2n) is 7.53. The minimum atomic E-state index is 1.01. The lowest BCUT2D eigenvalue weighted by atomic mass is 10.1. The van der Waals surface area contributed by atoms with Crippen molar-refractivity contribution in [2.75, 3.05) is 5.32 Å². The second-order valence-corrected chi connectivity index (χ2v) is 7.53. The smallest absolute Gasteiger partial charge is 0.113 e. The van der Waals surface area contributed by atoms with Crippen LogP contribution in [0.1, 0.15) is 0 Å². The molecule has 0 saturated carbocycles. The monoisotopic (exact) mass is 388 g/mol. The van der Waals surface area contributed by atoms with E-state index in [0.717, 1.165) is 28.1 Å². The predicted octanol–water partition coefficient (Wildman–Crippen LogP) is 6.41. The van der Waals surface area contributed by atoms with E-state index in [2.05, 4.69) is 94.3 Å². The average Bonchev–Trinajstić information content (AvgIpc) is 3.35. The molecule has 0 amide bonds. The average molecular weight is 388 g/mol. The SMILES string of the molecule is Cn1c2ccccc2c2ccc3c(ncn3-c3ccccc3Nc3ccccc3)c21. The topological polar surface area (TPSA) is 34.8 Å². The number of para-hydroxylation sites is 4. The van der Waals surface area contributed by atoms with Crippen molar-refractivity contribution in [2.24, 2.45) is 7.05 Å². The van der Waals surface area contributed by atoms with Crippen LogP contribution in [0.2, 0.25) is 0 Å². The summed E-state index contributed by atoms with van der Waals surface area (Å²) in [7, 11) is 2.12. The molecule has 0 bridgehead atoms. The van der Waals surface area contributed by atoms with Crippen LogP contribution < -0.4 is 5.32 Å².